The smallest absolute Gasteiger partial charge is 0.0273 e. The van der Waals surface area contributed by atoms with Gasteiger partial charge >= 0.3 is 0 Å². The molecule has 2 rings (SSSR count). The summed E-state index contributed by atoms with van der Waals surface area (Å²) in [4.78, 5) is 4.05. The Balaban J connectivity index is 0.000000771. The van der Waals surface area contributed by atoms with Crippen molar-refractivity contribution in [2.75, 3.05) is 0 Å². The van der Waals surface area contributed by atoms with Gasteiger partial charge in [0, 0.05) is 12.4 Å². The van der Waals surface area contributed by atoms with Crippen LogP contribution in [0.2, 0.25) is 0 Å². The van der Waals surface area contributed by atoms with Gasteiger partial charge in [0.1, 0.15) is 0 Å². The normalized spacial score (nSPS) is 10.6. The third-order valence-corrected chi connectivity index (χ3v) is 2.72. The van der Waals surface area contributed by atoms with E-state index in [9.17, 15) is 0 Å². The number of nitrogens with zero attached hydrogens (tertiary/aromatic N) is 1. The van der Waals surface area contributed by atoms with Crippen molar-refractivity contribution in [2.24, 2.45) is 0 Å². The fourth-order valence-electron chi connectivity index (χ4n) is 1.88. The van der Waals surface area contributed by atoms with Gasteiger partial charge in [0.15, 0.2) is 0 Å². The lowest BCUT2D eigenvalue weighted by Crippen LogP contribution is -1.91. The van der Waals surface area contributed by atoms with Crippen LogP contribution in [0, 0.1) is 6.92 Å². The minimum atomic E-state index is 1.21. The molecule has 0 N–H and O–H groups in total. The second kappa shape index (κ2) is 7.44. The van der Waals surface area contributed by atoms with Crippen molar-refractivity contribution < 1.29 is 0 Å². The van der Waals surface area contributed by atoms with Crippen molar-refractivity contribution in [3.05, 3.63) is 71.6 Å². The van der Waals surface area contributed by atoms with Gasteiger partial charge in [-0.2, -0.15) is 0 Å². The molecule has 1 aromatic carbocycles. The van der Waals surface area contributed by atoms with Crippen LogP contribution in [-0.4, -0.2) is 4.98 Å². The van der Waals surface area contributed by atoms with Gasteiger partial charge in [-0.05, 0) is 48.2 Å². The summed E-state index contributed by atoms with van der Waals surface area (Å²) in [6.45, 7) is 8.21. The number of benzene rings is 1. The lowest BCUT2D eigenvalue weighted by molar-refractivity contribution is 1.31. The zero-order valence-electron chi connectivity index (χ0n) is 11.6. The predicted molar refractivity (Wildman–Crippen MR) is 79.5 cm³/mol. The van der Waals surface area contributed by atoms with E-state index in [-0.39, 0.29) is 0 Å². The van der Waals surface area contributed by atoms with Gasteiger partial charge in [0.2, 0.25) is 0 Å². The number of aryl methyl sites for hydroxylation is 1. The van der Waals surface area contributed by atoms with Crippen LogP contribution in [0.4, 0.5) is 0 Å². The summed E-state index contributed by atoms with van der Waals surface area (Å²) in [6.07, 6.45) is 5.81. The topological polar surface area (TPSA) is 12.9 Å². The molecular weight excluding hydrogens is 218 g/mol. The predicted octanol–water partition coefficient (Wildman–Crippen LogP) is 4.87. The lowest BCUT2D eigenvalue weighted by atomic mass is 9.95. The number of allylic oxidation sites excluding steroid dienone is 1. The van der Waals surface area contributed by atoms with E-state index in [1.807, 2.05) is 38.4 Å². The summed E-state index contributed by atoms with van der Waals surface area (Å²) in [5, 5.41) is 0. The highest BCUT2D eigenvalue weighted by Crippen LogP contribution is 2.25. The van der Waals surface area contributed by atoms with Gasteiger partial charge in [0.05, 0.1) is 0 Å². The van der Waals surface area contributed by atoms with Crippen LogP contribution in [0.15, 0.2) is 54.9 Å². The van der Waals surface area contributed by atoms with Crippen molar-refractivity contribution in [3.8, 4) is 0 Å². The van der Waals surface area contributed by atoms with Gasteiger partial charge in [-0.25, -0.2) is 0 Å². The summed E-state index contributed by atoms with van der Waals surface area (Å²) in [7, 11) is 0. The fourth-order valence-corrected chi connectivity index (χ4v) is 1.88. The van der Waals surface area contributed by atoms with E-state index in [4.69, 9.17) is 0 Å². The molecule has 0 saturated carbocycles. The molecule has 0 unspecified atom stereocenters. The average molecular weight is 239 g/mol. The number of aromatic nitrogens is 1. The maximum atomic E-state index is 4.05. The quantitative estimate of drug-likeness (QED) is 0.728. The van der Waals surface area contributed by atoms with Crippen LogP contribution in [-0.2, 0) is 0 Å². The van der Waals surface area contributed by atoms with Gasteiger partial charge in [-0.3, -0.25) is 4.98 Å². The monoisotopic (exact) mass is 239 g/mol. The zero-order valence-corrected chi connectivity index (χ0v) is 11.6. The van der Waals surface area contributed by atoms with E-state index in [1.54, 1.807) is 0 Å². The fraction of sp³-hybridized carbons (Fsp3) is 0.235. The number of hydrogen-bond acceptors (Lipinski definition) is 1. The van der Waals surface area contributed by atoms with Crippen LogP contribution >= 0.6 is 0 Å². The van der Waals surface area contributed by atoms with Crippen molar-refractivity contribution in [3.63, 3.8) is 0 Å². The van der Waals surface area contributed by atoms with Crippen LogP contribution in [0.5, 0.6) is 0 Å². The van der Waals surface area contributed by atoms with E-state index in [0.717, 1.165) is 0 Å². The Morgan fingerprint density at radius 2 is 1.61 bits per heavy atom. The van der Waals surface area contributed by atoms with E-state index >= 15 is 0 Å². The summed E-state index contributed by atoms with van der Waals surface area (Å²) < 4.78 is 0. The largest absolute Gasteiger partial charge is 0.265 e. The first kappa shape index (κ1) is 14.2. The molecule has 0 amide bonds. The Kier molecular flexibility index (Phi) is 5.86. The Labute approximate surface area is 110 Å². The summed E-state index contributed by atoms with van der Waals surface area (Å²) in [6, 6.07) is 12.5. The highest BCUT2D eigenvalue weighted by molar-refractivity contribution is 5.80. The maximum Gasteiger partial charge on any atom is 0.0273 e. The number of pyridine rings is 1. The Morgan fingerprint density at radius 3 is 2.17 bits per heavy atom. The van der Waals surface area contributed by atoms with Gasteiger partial charge in [-0.15, -0.1) is 0 Å². The standard InChI is InChI=1S/C15H15N.C2H6/c1-3-14(13-8-10-16-11-9-13)15-7-5-4-6-12(15)2;1-2/h3-11H,1-2H3;1-2H3/b14-3-;. The Hall–Kier alpha value is -1.89. The molecule has 1 aromatic heterocycles. The first-order valence-electron chi connectivity index (χ1n) is 6.45. The van der Waals surface area contributed by atoms with Crippen LogP contribution in [0.25, 0.3) is 5.57 Å². The summed E-state index contributed by atoms with van der Waals surface area (Å²) >= 11 is 0. The number of rotatable bonds is 2. The minimum Gasteiger partial charge on any atom is -0.265 e. The zero-order chi connectivity index (χ0) is 13.4. The Bertz CT molecular complexity index is 498. The van der Waals surface area contributed by atoms with Crippen LogP contribution < -0.4 is 0 Å². The van der Waals surface area contributed by atoms with Crippen LogP contribution in [0.3, 0.4) is 0 Å². The van der Waals surface area contributed by atoms with Crippen molar-refractivity contribution in [2.45, 2.75) is 27.7 Å². The first-order chi connectivity index (χ1) is 8.83. The second-order valence-electron chi connectivity index (χ2n) is 3.75. The van der Waals surface area contributed by atoms with Gasteiger partial charge in [0.25, 0.3) is 0 Å². The summed E-state index contributed by atoms with van der Waals surface area (Å²) in [5.41, 5.74) is 5.07. The molecule has 1 heterocycles. The molecule has 0 fully saturated rings. The molecule has 0 saturated heterocycles. The molecule has 0 aliphatic heterocycles. The third-order valence-electron chi connectivity index (χ3n) is 2.72. The molecular formula is C17H21N. The van der Waals surface area contributed by atoms with Crippen molar-refractivity contribution in [1.29, 1.82) is 0 Å². The van der Waals surface area contributed by atoms with E-state index < -0.39 is 0 Å². The van der Waals surface area contributed by atoms with Gasteiger partial charge < -0.3 is 0 Å². The molecule has 2 aromatic rings. The third kappa shape index (κ3) is 3.30. The molecule has 1 nitrogen and oxygen atoms in total. The summed E-state index contributed by atoms with van der Waals surface area (Å²) in [5.74, 6) is 0. The van der Waals surface area contributed by atoms with Crippen molar-refractivity contribution >= 4 is 5.57 Å². The minimum absolute atomic E-state index is 1.21. The maximum absolute atomic E-state index is 4.05. The molecule has 0 radical (unpaired) electrons. The molecule has 0 aliphatic rings. The molecule has 0 aliphatic carbocycles. The van der Waals surface area contributed by atoms with Crippen molar-refractivity contribution in [1.82, 2.24) is 4.98 Å². The number of hydrogen-bond donors (Lipinski definition) is 0. The Morgan fingerprint density at radius 1 is 1.00 bits per heavy atom. The highest BCUT2D eigenvalue weighted by Gasteiger charge is 2.05. The first-order valence-corrected chi connectivity index (χ1v) is 6.45. The average Bonchev–Trinajstić information content (AvgIpc) is 2.45. The molecule has 0 atom stereocenters. The van der Waals surface area contributed by atoms with Crippen LogP contribution in [0.1, 0.15) is 37.5 Å². The molecule has 18 heavy (non-hydrogen) atoms. The molecule has 1 heteroatoms. The van der Waals surface area contributed by atoms with Gasteiger partial charge in [-0.1, -0.05) is 44.2 Å². The SMILES string of the molecule is C/C=C(/c1ccncc1)c1ccccc1C.CC. The highest BCUT2D eigenvalue weighted by atomic mass is 14.6. The molecule has 0 bridgehead atoms. The molecule has 0 spiro atoms. The lowest BCUT2D eigenvalue weighted by Gasteiger charge is -2.10. The van der Waals surface area contributed by atoms with E-state index in [1.165, 1.54) is 22.3 Å². The van der Waals surface area contributed by atoms with E-state index in [0.29, 0.717) is 0 Å². The van der Waals surface area contributed by atoms with E-state index in [2.05, 4.69) is 49.2 Å². The molecule has 94 valence electrons. The second-order valence-corrected chi connectivity index (χ2v) is 3.75.